The lowest BCUT2D eigenvalue weighted by molar-refractivity contribution is 0.297. The predicted molar refractivity (Wildman–Crippen MR) is 64.3 cm³/mol. The first kappa shape index (κ1) is 11.6. The predicted octanol–water partition coefficient (Wildman–Crippen LogP) is 2.91. The van der Waals surface area contributed by atoms with Crippen molar-refractivity contribution < 1.29 is 9.47 Å². The van der Waals surface area contributed by atoms with Crippen LogP contribution in [0.3, 0.4) is 0 Å². The molecule has 88 valence electrons. The van der Waals surface area contributed by atoms with Crippen LogP contribution in [0.5, 0.6) is 11.5 Å². The molecule has 2 rings (SSSR count). The number of benzene rings is 1. The first-order chi connectivity index (χ1) is 7.72. The van der Waals surface area contributed by atoms with Gasteiger partial charge in [0.05, 0.1) is 13.2 Å². The van der Waals surface area contributed by atoms with Gasteiger partial charge in [-0.3, -0.25) is 0 Å². The zero-order valence-corrected chi connectivity index (χ0v) is 10.1. The van der Waals surface area contributed by atoms with Crippen LogP contribution in [0.15, 0.2) is 12.1 Å². The van der Waals surface area contributed by atoms with Crippen LogP contribution in [0.25, 0.3) is 0 Å². The summed E-state index contributed by atoms with van der Waals surface area (Å²) in [6.45, 7) is 3.38. The SMILES string of the molecule is CC[C@@H](N)c1cc2c(cc1Cl)OCCCO2. The molecule has 1 aromatic carbocycles. The van der Waals surface area contributed by atoms with Crippen LogP contribution in [0.1, 0.15) is 31.4 Å². The lowest BCUT2D eigenvalue weighted by Crippen LogP contribution is -2.09. The van der Waals surface area contributed by atoms with Crippen molar-refractivity contribution in [2.24, 2.45) is 5.73 Å². The highest BCUT2D eigenvalue weighted by molar-refractivity contribution is 6.31. The zero-order valence-electron chi connectivity index (χ0n) is 9.33. The van der Waals surface area contributed by atoms with Crippen molar-refractivity contribution in [3.8, 4) is 11.5 Å². The number of hydrogen-bond acceptors (Lipinski definition) is 3. The van der Waals surface area contributed by atoms with Crippen LogP contribution in [0, 0.1) is 0 Å². The quantitative estimate of drug-likeness (QED) is 0.866. The number of nitrogens with two attached hydrogens (primary N) is 1. The standard InChI is InChI=1S/C12H16ClNO2/c1-2-10(14)8-6-11-12(7-9(8)13)16-5-3-4-15-11/h6-7,10H,2-5,14H2,1H3/t10-/m1/s1. The van der Waals surface area contributed by atoms with E-state index < -0.39 is 0 Å². The summed E-state index contributed by atoms with van der Waals surface area (Å²) in [4.78, 5) is 0. The maximum atomic E-state index is 6.17. The van der Waals surface area contributed by atoms with Crippen molar-refractivity contribution in [2.45, 2.75) is 25.8 Å². The molecule has 0 aliphatic carbocycles. The van der Waals surface area contributed by atoms with Crippen LogP contribution in [-0.4, -0.2) is 13.2 Å². The summed E-state index contributed by atoms with van der Waals surface area (Å²) in [5, 5.41) is 0.651. The molecule has 0 amide bonds. The van der Waals surface area contributed by atoms with Gasteiger partial charge in [-0.2, -0.15) is 0 Å². The van der Waals surface area contributed by atoms with Gasteiger partial charge in [0.1, 0.15) is 0 Å². The summed E-state index contributed by atoms with van der Waals surface area (Å²) in [5.41, 5.74) is 6.91. The fourth-order valence-electron chi connectivity index (χ4n) is 1.70. The van der Waals surface area contributed by atoms with Crippen LogP contribution in [0.4, 0.5) is 0 Å². The minimum atomic E-state index is -0.0512. The molecule has 0 unspecified atom stereocenters. The van der Waals surface area contributed by atoms with Gasteiger partial charge in [0, 0.05) is 23.6 Å². The highest BCUT2D eigenvalue weighted by Gasteiger charge is 2.16. The van der Waals surface area contributed by atoms with E-state index in [0.717, 1.165) is 29.9 Å². The van der Waals surface area contributed by atoms with E-state index >= 15 is 0 Å². The molecule has 2 N–H and O–H groups in total. The van der Waals surface area contributed by atoms with Crippen molar-refractivity contribution in [2.75, 3.05) is 13.2 Å². The number of fused-ring (bicyclic) bond motifs is 1. The Morgan fingerprint density at radius 2 is 1.94 bits per heavy atom. The third-order valence-corrected chi connectivity index (χ3v) is 3.03. The molecule has 1 aromatic rings. The molecule has 0 aromatic heterocycles. The summed E-state index contributed by atoms with van der Waals surface area (Å²) in [5.74, 6) is 1.47. The maximum absolute atomic E-state index is 6.17. The van der Waals surface area contributed by atoms with Crippen molar-refractivity contribution in [1.29, 1.82) is 0 Å². The Morgan fingerprint density at radius 1 is 1.31 bits per heavy atom. The van der Waals surface area contributed by atoms with Gasteiger partial charge in [-0.1, -0.05) is 18.5 Å². The average molecular weight is 242 g/mol. The van der Waals surface area contributed by atoms with Gasteiger partial charge in [0.25, 0.3) is 0 Å². The molecule has 0 spiro atoms. The Labute approximate surface area is 100 Å². The average Bonchev–Trinajstić information content (AvgIpc) is 2.51. The van der Waals surface area contributed by atoms with Gasteiger partial charge in [0.2, 0.25) is 0 Å². The van der Waals surface area contributed by atoms with Crippen LogP contribution in [0.2, 0.25) is 5.02 Å². The highest BCUT2D eigenvalue weighted by Crippen LogP contribution is 2.37. The maximum Gasteiger partial charge on any atom is 0.162 e. The van der Waals surface area contributed by atoms with E-state index in [-0.39, 0.29) is 6.04 Å². The molecule has 0 fully saturated rings. The Morgan fingerprint density at radius 3 is 2.56 bits per heavy atom. The van der Waals surface area contributed by atoms with Gasteiger partial charge in [-0.25, -0.2) is 0 Å². The molecule has 1 heterocycles. The molecule has 0 saturated carbocycles. The fourth-order valence-corrected chi connectivity index (χ4v) is 2.00. The molecule has 1 aliphatic heterocycles. The van der Waals surface area contributed by atoms with Crippen LogP contribution < -0.4 is 15.2 Å². The molecule has 0 bridgehead atoms. The zero-order chi connectivity index (χ0) is 11.5. The molecular formula is C12H16ClNO2. The van der Waals surface area contributed by atoms with E-state index in [0.29, 0.717) is 18.2 Å². The van der Waals surface area contributed by atoms with Crippen LogP contribution in [-0.2, 0) is 0 Å². The van der Waals surface area contributed by atoms with Gasteiger partial charge in [0.15, 0.2) is 11.5 Å². The molecular weight excluding hydrogens is 226 g/mol. The topological polar surface area (TPSA) is 44.5 Å². The third-order valence-electron chi connectivity index (χ3n) is 2.71. The minimum Gasteiger partial charge on any atom is -0.490 e. The molecule has 4 heteroatoms. The smallest absolute Gasteiger partial charge is 0.162 e. The summed E-state index contributed by atoms with van der Waals surface area (Å²) in [6, 6.07) is 3.65. The van der Waals surface area contributed by atoms with E-state index in [9.17, 15) is 0 Å². The second-order valence-electron chi connectivity index (χ2n) is 3.89. The third kappa shape index (κ3) is 2.25. The second-order valence-corrected chi connectivity index (χ2v) is 4.29. The first-order valence-electron chi connectivity index (χ1n) is 5.57. The van der Waals surface area contributed by atoms with Gasteiger partial charge >= 0.3 is 0 Å². The first-order valence-corrected chi connectivity index (χ1v) is 5.94. The number of ether oxygens (including phenoxy) is 2. The van der Waals surface area contributed by atoms with Crippen molar-refractivity contribution >= 4 is 11.6 Å². The lowest BCUT2D eigenvalue weighted by atomic mass is 10.0. The molecule has 0 radical (unpaired) electrons. The second kappa shape index (κ2) is 4.93. The fraction of sp³-hybridized carbons (Fsp3) is 0.500. The van der Waals surface area contributed by atoms with Crippen LogP contribution >= 0.6 is 11.6 Å². The minimum absolute atomic E-state index is 0.0512. The van der Waals surface area contributed by atoms with E-state index in [2.05, 4.69) is 0 Å². The van der Waals surface area contributed by atoms with E-state index in [4.69, 9.17) is 26.8 Å². The summed E-state index contributed by atoms with van der Waals surface area (Å²) in [6.07, 6.45) is 1.74. The molecule has 3 nitrogen and oxygen atoms in total. The molecule has 16 heavy (non-hydrogen) atoms. The summed E-state index contributed by atoms with van der Waals surface area (Å²) >= 11 is 6.17. The van der Waals surface area contributed by atoms with E-state index in [1.807, 2.05) is 13.0 Å². The van der Waals surface area contributed by atoms with Gasteiger partial charge in [-0.15, -0.1) is 0 Å². The lowest BCUT2D eigenvalue weighted by Gasteiger charge is -2.15. The summed E-state index contributed by atoms with van der Waals surface area (Å²) < 4.78 is 11.1. The Kier molecular flexibility index (Phi) is 3.56. The van der Waals surface area contributed by atoms with Crippen molar-refractivity contribution in [1.82, 2.24) is 0 Å². The number of rotatable bonds is 2. The largest absolute Gasteiger partial charge is 0.490 e. The Bertz CT molecular complexity index is 382. The van der Waals surface area contributed by atoms with E-state index in [1.165, 1.54) is 0 Å². The Hall–Kier alpha value is -0.930. The van der Waals surface area contributed by atoms with Gasteiger partial charge in [-0.05, 0) is 18.1 Å². The Balaban J connectivity index is 2.38. The molecule has 1 atom stereocenters. The normalized spacial score (nSPS) is 16.7. The van der Waals surface area contributed by atoms with Crippen molar-refractivity contribution in [3.63, 3.8) is 0 Å². The van der Waals surface area contributed by atoms with Gasteiger partial charge < -0.3 is 15.2 Å². The highest BCUT2D eigenvalue weighted by atomic mass is 35.5. The monoisotopic (exact) mass is 241 g/mol. The summed E-state index contributed by atoms with van der Waals surface area (Å²) in [7, 11) is 0. The molecule has 1 aliphatic rings. The molecule has 0 saturated heterocycles. The van der Waals surface area contributed by atoms with E-state index in [1.54, 1.807) is 6.07 Å². The number of hydrogen-bond donors (Lipinski definition) is 1. The number of halogens is 1. The van der Waals surface area contributed by atoms with Crippen molar-refractivity contribution in [3.05, 3.63) is 22.7 Å².